The van der Waals surface area contributed by atoms with E-state index in [1.54, 1.807) is 7.11 Å². The fraction of sp³-hybridized carbons (Fsp3) is 0.455. The lowest BCUT2D eigenvalue weighted by Crippen LogP contribution is -2.41. The summed E-state index contributed by atoms with van der Waals surface area (Å²) < 4.78 is 29.1. The molecule has 8 heteroatoms. The number of rotatable bonds is 14. The second kappa shape index (κ2) is 15.1. The molecule has 2 N–H and O–H groups in total. The fourth-order valence-electron chi connectivity index (χ4n) is 5.39. The first-order chi connectivity index (χ1) is 20.2. The Morgan fingerprint density at radius 1 is 1.00 bits per heavy atom. The summed E-state index contributed by atoms with van der Waals surface area (Å²) >= 11 is 0. The maximum atomic E-state index is 10.3. The SMILES string of the molecule is COCCCN1CCOc2ccc(CO[C@H]3CNCC[C@@H]3c3ccc(OC[C@H](O)COc4ccccc4)cc3)cc21. The van der Waals surface area contributed by atoms with Gasteiger partial charge in [-0.15, -0.1) is 0 Å². The van der Waals surface area contributed by atoms with Crippen molar-refractivity contribution < 1.29 is 28.8 Å². The lowest BCUT2D eigenvalue weighted by atomic mass is 9.87. The Balaban J connectivity index is 1.13. The molecule has 0 aromatic heterocycles. The van der Waals surface area contributed by atoms with E-state index < -0.39 is 6.10 Å². The van der Waals surface area contributed by atoms with Gasteiger partial charge in [0.15, 0.2) is 0 Å². The van der Waals surface area contributed by atoms with Gasteiger partial charge in [0.1, 0.15) is 43.2 Å². The molecule has 41 heavy (non-hydrogen) atoms. The van der Waals surface area contributed by atoms with Gasteiger partial charge in [0, 0.05) is 32.7 Å². The van der Waals surface area contributed by atoms with Crippen LogP contribution in [0.2, 0.25) is 0 Å². The molecular weight excluding hydrogens is 520 g/mol. The predicted molar refractivity (Wildman–Crippen MR) is 159 cm³/mol. The van der Waals surface area contributed by atoms with Gasteiger partial charge in [-0.2, -0.15) is 0 Å². The number of nitrogens with zero attached hydrogens (tertiary/aromatic N) is 1. The number of aliphatic hydroxyl groups is 1. The second-order valence-electron chi connectivity index (χ2n) is 10.6. The average molecular weight is 563 g/mol. The monoisotopic (exact) mass is 562 g/mol. The Kier molecular flexibility index (Phi) is 10.7. The minimum absolute atomic E-state index is 0.0672. The van der Waals surface area contributed by atoms with E-state index in [0.29, 0.717) is 19.1 Å². The third kappa shape index (κ3) is 8.36. The van der Waals surface area contributed by atoms with E-state index in [1.165, 1.54) is 5.56 Å². The van der Waals surface area contributed by atoms with Crippen LogP contribution >= 0.6 is 0 Å². The third-order valence-electron chi connectivity index (χ3n) is 7.59. The molecule has 2 heterocycles. The van der Waals surface area contributed by atoms with Gasteiger partial charge in [-0.3, -0.25) is 0 Å². The number of methoxy groups -OCH3 is 1. The lowest BCUT2D eigenvalue weighted by molar-refractivity contribution is 0.0106. The highest BCUT2D eigenvalue weighted by atomic mass is 16.5. The Morgan fingerprint density at radius 2 is 1.78 bits per heavy atom. The average Bonchev–Trinajstić information content (AvgIpc) is 3.03. The van der Waals surface area contributed by atoms with E-state index in [1.807, 2.05) is 42.5 Å². The summed E-state index contributed by atoms with van der Waals surface area (Å²) in [6.45, 7) is 5.96. The number of nitrogens with one attached hydrogen (secondary N) is 1. The van der Waals surface area contributed by atoms with E-state index in [9.17, 15) is 5.11 Å². The number of piperidine rings is 1. The van der Waals surface area contributed by atoms with Crippen molar-refractivity contribution in [1.82, 2.24) is 5.32 Å². The number of benzene rings is 3. The number of hydrogen-bond donors (Lipinski definition) is 2. The van der Waals surface area contributed by atoms with Gasteiger partial charge in [0.05, 0.1) is 24.9 Å². The van der Waals surface area contributed by atoms with Crippen molar-refractivity contribution in [3.63, 3.8) is 0 Å². The van der Waals surface area contributed by atoms with Gasteiger partial charge >= 0.3 is 0 Å². The van der Waals surface area contributed by atoms with Crippen molar-refractivity contribution in [3.05, 3.63) is 83.9 Å². The van der Waals surface area contributed by atoms with Crippen molar-refractivity contribution in [2.45, 2.75) is 37.6 Å². The van der Waals surface area contributed by atoms with Gasteiger partial charge in [0.2, 0.25) is 0 Å². The molecule has 5 rings (SSSR count). The molecule has 2 aliphatic rings. The fourth-order valence-corrected chi connectivity index (χ4v) is 5.39. The summed E-state index contributed by atoms with van der Waals surface area (Å²) in [4.78, 5) is 2.38. The van der Waals surface area contributed by atoms with E-state index in [0.717, 1.165) is 74.1 Å². The van der Waals surface area contributed by atoms with Crippen LogP contribution in [-0.4, -0.2) is 77.0 Å². The molecule has 0 spiro atoms. The van der Waals surface area contributed by atoms with Gasteiger partial charge in [-0.1, -0.05) is 36.4 Å². The summed E-state index contributed by atoms with van der Waals surface area (Å²) in [5.74, 6) is 2.69. The van der Waals surface area contributed by atoms with Crippen molar-refractivity contribution in [2.24, 2.45) is 0 Å². The molecule has 3 aromatic carbocycles. The Bertz CT molecular complexity index is 1190. The first kappa shape index (κ1) is 29.2. The molecule has 3 atom stereocenters. The Hall–Kier alpha value is -3.30. The highest BCUT2D eigenvalue weighted by Crippen LogP contribution is 2.34. The highest BCUT2D eigenvalue weighted by molar-refractivity contribution is 5.61. The molecule has 220 valence electrons. The predicted octanol–water partition coefficient (Wildman–Crippen LogP) is 4.40. The van der Waals surface area contributed by atoms with Crippen LogP contribution in [0.15, 0.2) is 72.8 Å². The van der Waals surface area contributed by atoms with Crippen LogP contribution in [0, 0.1) is 0 Å². The van der Waals surface area contributed by atoms with E-state index in [4.69, 9.17) is 23.7 Å². The number of anilines is 1. The third-order valence-corrected chi connectivity index (χ3v) is 7.59. The molecule has 2 aliphatic heterocycles. The summed E-state index contributed by atoms with van der Waals surface area (Å²) in [6, 6.07) is 24.0. The molecule has 0 amide bonds. The molecule has 3 aromatic rings. The van der Waals surface area contributed by atoms with Crippen molar-refractivity contribution in [1.29, 1.82) is 0 Å². The van der Waals surface area contributed by atoms with Crippen LogP contribution in [0.5, 0.6) is 17.2 Å². The summed E-state index contributed by atoms with van der Waals surface area (Å²) in [5.41, 5.74) is 3.52. The van der Waals surface area contributed by atoms with Crippen molar-refractivity contribution in [3.8, 4) is 17.2 Å². The van der Waals surface area contributed by atoms with Crippen LogP contribution in [0.4, 0.5) is 5.69 Å². The van der Waals surface area contributed by atoms with E-state index >= 15 is 0 Å². The highest BCUT2D eigenvalue weighted by Gasteiger charge is 2.27. The quantitative estimate of drug-likeness (QED) is 0.280. The molecule has 0 unspecified atom stereocenters. The van der Waals surface area contributed by atoms with Crippen molar-refractivity contribution in [2.75, 3.05) is 64.6 Å². The van der Waals surface area contributed by atoms with Gasteiger partial charge in [-0.25, -0.2) is 0 Å². The topological polar surface area (TPSA) is 81.7 Å². The number of para-hydroxylation sites is 1. The Morgan fingerprint density at radius 3 is 2.56 bits per heavy atom. The molecule has 8 nitrogen and oxygen atoms in total. The number of fused-ring (bicyclic) bond motifs is 1. The summed E-state index contributed by atoms with van der Waals surface area (Å²) in [6.07, 6.45) is 1.34. The molecule has 1 saturated heterocycles. The van der Waals surface area contributed by atoms with Gasteiger partial charge in [0.25, 0.3) is 0 Å². The second-order valence-corrected chi connectivity index (χ2v) is 10.6. The zero-order valence-electron chi connectivity index (χ0n) is 23.9. The summed E-state index contributed by atoms with van der Waals surface area (Å²) in [5, 5.41) is 13.8. The minimum atomic E-state index is -0.718. The maximum absolute atomic E-state index is 10.3. The van der Waals surface area contributed by atoms with Crippen LogP contribution in [0.25, 0.3) is 0 Å². The van der Waals surface area contributed by atoms with E-state index in [-0.39, 0.29) is 19.3 Å². The lowest BCUT2D eigenvalue weighted by Gasteiger charge is -2.33. The first-order valence-corrected chi connectivity index (χ1v) is 14.6. The summed E-state index contributed by atoms with van der Waals surface area (Å²) in [7, 11) is 1.74. The minimum Gasteiger partial charge on any atom is -0.491 e. The normalized spacial score (nSPS) is 19.2. The maximum Gasteiger partial charge on any atom is 0.142 e. The zero-order chi connectivity index (χ0) is 28.3. The van der Waals surface area contributed by atoms with E-state index in [2.05, 4.69) is 40.5 Å². The van der Waals surface area contributed by atoms with Crippen LogP contribution in [-0.2, 0) is 16.1 Å². The zero-order valence-corrected chi connectivity index (χ0v) is 23.9. The molecule has 1 fully saturated rings. The standard InChI is InChI=1S/C33H42N2O6/c1-37-18-5-16-35-17-19-38-32-13-8-25(20-31(32)35)22-41-33-21-34-15-14-30(33)26-9-11-29(12-10-26)40-24-27(36)23-39-28-6-3-2-4-7-28/h2-4,6-13,20,27,30,33-34,36H,5,14-19,21-24H2,1H3/t27-,30-,33+/m1/s1. The first-order valence-electron chi connectivity index (χ1n) is 14.6. The molecule has 0 bridgehead atoms. The van der Waals surface area contributed by atoms with Crippen LogP contribution in [0.1, 0.15) is 29.9 Å². The smallest absolute Gasteiger partial charge is 0.142 e. The van der Waals surface area contributed by atoms with Crippen LogP contribution < -0.4 is 24.4 Å². The number of aliphatic hydroxyl groups excluding tert-OH is 1. The largest absolute Gasteiger partial charge is 0.491 e. The number of ether oxygens (including phenoxy) is 5. The van der Waals surface area contributed by atoms with Gasteiger partial charge in [-0.05, 0) is 66.9 Å². The molecular formula is C33H42N2O6. The van der Waals surface area contributed by atoms with Crippen molar-refractivity contribution >= 4 is 5.69 Å². The van der Waals surface area contributed by atoms with Crippen LogP contribution in [0.3, 0.4) is 0 Å². The number of hydrogen-bond acceptors (Lipinski definition) is 8. The molecule has 0 radical (unpaired) electrons. The Labute approximate surface area is 243 Å². The molecule has 0 aliphatic carbocycles. The van der Waals surface area contributed by atoms with Gasteiger partial charge < -0.3 is 39.0 Å². The molecule has 0 saturated carbocycles.